The molecule has 0 fully saturated rings. The maximum absolute atomic E-state index is 13.4. The van der Waals surface area contributed by atoms with Gasteiger partial charge in [0.25, 0.3) is 0 Å². The third-order valence-electron chi connectivity index (χ3n) is 3.49. The van der Waals surface area contributed by atoms with E-state index in [2.05, 4.69) is 0 Å². The molecule has 0 atom stereocenters. The summed E-state index contributed by atoms with van der Waals surface area (Å²) >= 11 is 0. The maximum atomic E-state index is 13.4. The minimum atomic E-state index is -1.87. The van der Waals surface area contributed by atoms with Gasteiger partial charge in [0.05, 0.1) is 0 Å². The summed E-state index contributed by atoms with van der Waals surface area (Å²) < 4.78 is 41.8. The van der Waals surface area contributed by atoms with Crippen LogP contribution in [0.2, 0.25) is 0 Å². The zero-order chi connectivity index (χ0) is 16.2. The molecule has 1 aromatic rings. The second-order valence-corrected chi connectivity index (χ2v) is 7.09. The Kier molecular flexibility index (Phi) is 10.2. The first-order valence-electron chi connectivity index (χ1n) is 7.78. The van der Waals surface area contributed by atoms with Crippen molar-refractivity contribution in [1.82, 2.24) is 0 Å². The second-order valence-electron chi connectivity index (χ2n) is 5.24. The van der Waals surface area contributed by atoms with Crippen molar-refractivity contribution in [2.75, 3.05) is 20.8 Å². The van der Waals surface area contributed by atoms with Crippen LogP contribution in [0, 0.1) is 11.6 Å². The predicted octanol–water partition coefficient (Wildman–Crippen LogP) is 3.87. The van der Waals surface area contributed by atoms with Gasteiger partial charge in [-0.15, -0.1) is 0 Å². The number of benzene rings is 1. The van der Waals surface area contributed by atoms with Crippen LogP contribution in [0.5, 0.6) is 0 Å². The number of rotatable bonds is 12. The number of hydrogen-bond acceptors (Lipinski definition) is 3. The quantitative estimate of drug-likeness (QED) is 0.429. The summed E-state index contributed by atoms with van der Waals surface area (Å²) in [6.45, 7) is 0.680. The van der Waals surface area contributed by atoms with Gasteiger partial charge in [-0.2, -0.15) is 0 Å². The highest BCUT2D eigenvalue weighted by Crippen LogP contribution is 2.14. The van der Waals surface area contributed by atoms with Gasteiger partial charge in [0.1, 0.15) is 11.6 Å². The van der Waals surface area contributed by atoms with Crippen molar-refractivity contribution in [3.8, 4) is 0 Å². The lowest BCUT2D eigenvalue weighted by Gasteiger charge is -2.11. The van der Waals surface area contributed by atoms with Crippen molar-refractivity contribution in [1.29, 1.82) is 0 Å². The van der Waals surface area contributed by atoms with Crippen LogP contribution in [0.4, 0.5) is 8.78 Å². The lowest BCUT2D eigenvalue weighted by molar-refractivity contribution is 0.133. The van der Waals surface area contributed by atoms with Crippen molar-refractivity contribution in [3.05, 3.63) is 35.4 Å². The standard InChI is InChI=1S/C16H26F2O3Si/c1-19-22(20-2)21-12-8-6-4-3-5-7-9-14-10-11-15(17)13-16(14)18/h10-11,13,22H,3-9,12H2,1-2H3. The fraction of sp³-hybridized carbons (Fsp3) is 0.625. The molecule has 126 valence electrons. The number of hydrogen-bond donors (Lipinski definition) is 0. The molecule has 0 saturated heterocycles. The van der Waals surface area contributed by atoms with E-state index in [4.69, 9.17) is 13.3 Å². The second kappa shape index (κ2) is 11.7. The normalized spacial score (nSPS) is 11.3. The van der Waals surface area contributed by atoms with Crippen LogP contribution in [0.15, 0.2) is 18.2 Å². The van der Waals surface area contributed by atoms with Crippen molar-refractivity contribution in [2.45, 2.75) is 44.9 Å². The Bertz CT molecular complexity index is 414. The summed E-state index contributed by atoms with van der Waals surface area (Å²) in [5.41, 5.74) is 0.602. The van der Waals surface area contributed by atoms with E-state index in [1.54, 1.807) is 14.2 Å². The maximum Gasteiger partial charge on any atom is 0.483 e. The monoisotopic (exact) mass is 332 g/mol. The molecular weight excluding hydrogens is 306 g/mol. The van der Waals surface area contributed by atoms with Crippen LogP contribution < -0.4 is 0 Å². The fourth-order valence-corrected chi connectivity index (χ4v) is 3.08. The van der Waals surface area contributed by atoms with Gasteiger partial charge in [-0.25, -0.2) is 8.78 Å². The third kappa shape index (κ3) is 7.98. The van der Waals surface area contributed by atoms with E-state index < -0.39 is 21.2 Å². The summed E-state index contributed by atoms with van der Waals surface area (Å²) in [4.78, 5) is 0. The average Bonchev–Trinajstić information content (AvgIpc) is 2.51. The first kappa shape index (κ1) is 19.2. The van der Waals surface area contributed by atoms with E-state index in [9.17, 15) is 8.78 Å². The summed E-state index contributed by atoms with van der Waals surface area (Å²) in [5.74, 6) is -0.956. The molecule has 1 aromatic carbocycles. The molecule has 22 heavy (non-hydrogen) atoms. The Hall–Kier alpha value is -0.823. The summed E-state index contributed by atoms with van der Waals surface area (Å²) in [6.07, 6.45) is 7.04. The SMILES string of the molecule is CO[SiH](OC)OCCCCCCCCc1ccc(F)cc1F. The van der Waals surface area contributed by atoms with Crippen LogP contribution >= 0.6 is 0 Å². The fourth-order valence-electron chi connectivity index (χ4n) is 2.26. The lowest BCUT2D eigenvalue weighted by Crippen LogP contribution is -2.24. The molecule has 0 bridgehead atoms. The van der Waals surface area contributed by atoms with Gasteiger partial charge in [-0.3, -0.25) is 0 Å². The highest BCUT2D eigenvalue weighted by atomic mass is 28.3. The zero-order valence-electron chi connectivity index (χ0n) is 13.4. The Balaban J connectivity index is 1.97. The van der Waals surface area contributed by atoms with Gasteiger partial charge < -0.3 is 13.3 Å². The largest absolute Gasteiger partial charge is 0.483 e. The molecule has 0 saturated carbocycles. The molecule has 0 heterocycles. The molecule has 6 heteroatoms. The van der Waals surface area contributed by atoms with Gasteiger partial charge in [0, 0.05) is 26.9 Å². The van der Waals surface area contributed by atoms with E-state index in [0.717, 1.165) is 44.6 Å². The van der Waals surface area contributed by atoms with E-state index >= 15 is 0 Å². The first-order valence-corrected chi connectivity index (χ1v) is 9.20. The summed E-state index contributed by atoms with van der Waals surface area (Å²) in [5, 5.41) is 0. The van der Waals surface area contributed by atoms with Crippen LogP contribution in [0.25, 0.3) is 0 Å². The van der Waals surface area contributed by atoms with E-state index in [0.29, 0.717) is 18.6 Å². The van der Waals surface area contributed by atoms with Crippen molar-refractivity contribution < 1.29 is 22.1 Å². The molecule has 0 amide bonds. The molecule has 1 rings (SSSR count). The molecule has 0 aliphatic carbocycles. The average molecular weight is 332 g/mol. The van der Waals surface area contributed by atoms with Gasteiger partial charge in [-0.1, -0.05) is 31.7 Å². The van der Waals surface area contributed by atoms with E-state index in [1.165, 1.54) is 12.1 Å². The smallest absolute Gasteiger partial charge is 0.379 e. The Morgan fingerprint density at radius 1 is 0.909 bits per heavy atom. The molecule has 0 aliphatic heterocycles. The number of halogens is 2. The predicted molar refractivity (Wildman–Crippen MR) is 84.9 cm³/mol. The van der Waals surface area contributed by atoms with Gasteiger partial charge in [0.2, 0.25) is 0 Å². The lowest BCUT2D eigenvalue weighted by atomic mass is 10.0. The number of unbranched alkanes of at least 4 members (excludes halogenated alkanes) is 5. The minimum absolute atomic E-state index is 0.438. The zero-order valence-corrected chi connectivity index (χ0v) is 14.6. The van der Waals surface area contributed by atoms with Crippen LogP contribution in [0.1, 0.15) is 44.1 Å². The van der Waals surface area contributed by atoms with Crippen LogP contribution in [-0.2, 0) is 19.7 Å². The van der Waals surface area contributed by atoms with Crippen molar-refractivity contribution in [3.63, 3.8) is 0 Å². The minimum Gasteiger partial charge on any atom is -0.379 e. The molecule has 0 spiro atoms. The molecule has 0 aromatic heterocycles. The van der Waals surface area contributed by atoms with Gasteiger partial charge >= 0.3 is 9.53 Å². The molecular formula is C16H26F2O3Si. The van der Waals surface area contributed by atoms with Crippen LogP contribution in [-0.4, -0.2) is 30.4 Å². The molecule has 0 aliphatic rings. The molecule has 0 radical (unpaired) electrons. The van der Waals surface area contributed by atoms with Crippen LogP contribution in [0.3, 0.4) is 0 Å². The van der Waals surface area contributed by atoms with E-state index in [-0.39, 0.29) is 0 Å². The first-order chi connectivity index (χ1) is 10.7. The molecule has 0 unspecified atom stereocenters. The molecule has 3 nitrogen and oxygen atoms in total. The van der Waals surface area contributed by atoms with Crippen molar-refractivity contribution >= 4 is 9.53 Å². The topological polar surface area (TPSA) is 27.7 Å². The third-order valence-corrected chi connectivity index (χ3v) is 4.77. The van der Waals surface area contributed by atoms with Gasteiger partial charge in [0.15, 0.2) is 0 Å². The Morgan fingerprint density at radius 3 is 2.18 bits per heavy atom. The Morgan fingerprint density at radius 2 is 1.55 bits per heavy atom. The highest BCUT2D eigenvalue weighted by Gasteiger charge is 2.09. The van der Waals surface area contributed by atoms with Gasteiger partial charge in [-0.05, 0) is 30.9 Å². The Labute approximate surface area is 133 Å². The van der Waals surface area contributed by atoms with Crippen molar-refractivity contribution in [2.24, 2.45) is 0 Å². The highest BCUT2D eigenvalue weighted by molar-refractivity contribution is 6.36. The number of aryl methyl sites for hydroxylation is 1. The van der Waals surface area contributed by atoms with E-state index in [1.807, 2.05) is 0 Å². The molecule has 0 N–H and O–H groups in total. The summed E-state index contributed by atoms with van der Waals surface area (Å²) in [6, 6.07) is 3.80. The summed E-state index contributed by atoms with van der Waals surface area (Å²) in [7, 11) is 1.34.